The maximum absolute atomic E-state index is 12.8. The maximum atomic E-state index is 12.8. The zero-order valence-electron chi connectivity index (χ0n) is 19.0. The van der Waals surface area contributed by atoms with Gasteiger partial charge in [-0.05, 0) is 31.0 Å². The fraction of sp³-hybridized carbons (Fsp3) is 0.348. The number of nitrogens with one attached hydrogen (secondary N) is 2. The molecule has 3 heterocycles. The highest BCUT2D eigenvalue weighted by molar-refractivity contribution is 5.78. The van der Waals surface area contributed by atoms with Crippen molar-refractivity contribution >= 4 is 11.8 Å². The minimum atomic E-state index is -0.869. The van der Waals surface area contributed by atoms with Gasteiger partial charge in [-0.1, -0.05) is 11.2 Å². The number of methoxy groups -OCH3 is 1. The van der Waals surface area contributed by atoms with Gasteiger partial charge < -0.3 is 34.5 Å². The third-order valence-electron chi connectivity index (χ3n) is 5.61. The average Bonchev–Trinajstić information content (AvgIpc) is 3.48. The fourth-order valence-corrected chi connectivity index (χ4v) is 3.85. The van der Waals surface area contributed by atoms with E-state index in [0.29, 0.717) is 18.4 Å². The Labute approximate surface area is 198 Å². The normalized spacial score (nSPS) is 16.1. The molecule has 0 aliphatic carbocycles. The Morgan fingerprint density at radius 3 is 2.83 bits per heavy atom. The molecule has 1 fully saturated rings. The molecule has 1 saturated heterocycles. The number of aromatic nitrogens is 2. The summed E-state index contributed by atoms with van der Waals surface area (Å²) in [7, 11) is 1.38. The molecule has 1 aliphatic rings. The van der Waals surface area contributed by atoms with E-state index in [4.69, 9.17) is 13.7 Å². The predicted octanol–water partition coefficient (Wildman–Crippen LogP) is 1.54. The first kappa shape index (κ1) is 23.8. The number of benzene rings is 1. The number of phenols is 1. The van der Waals surface area contributed by atoms with E-state index in [1.807, 2.05) is 0 Å². The van der Waals surface area contributed by atoms with Crippen LogP contribution in [0.4, 0.5) is 0 Å². The van der Waals surface area contributed by atoms with Crippen molar-refractivity contribution in [3.63, 3.8) is 0 Å². The zero-order chi connectivity index (χ0) is 25.1. The van der Waals surface area contributed by atoms with Crippen molar-refractivity contribution in [3.8, 4) is 17.2 Å². The zero-order valence-corrected chi connectivity index (χ0v) is 19.0. The van der Waals surface area contributed by atoms with Crippen LogP contribution in [0.5, 0.6) is 17.2 Å². The fourth-order valence-electron chi connectivity index (χ4n) is 3.85. The van der Waals surface area contributed by atoms with E-state index in [1.54, 1.807) is 13.0 Å². The van der Waals surface area contributed by atoms with Crippen molar-refractivity contribution in [1.29, 1.82) is 0 Å². The largest absolute Gasteiger partial charge is 0.504 e. The summed E-state index contributed by atoms with van der Waals surface area (Å²) < 4.78 is 16.0. The van der Waals surface area contributed by atoms with Crippen LogP contribution in [0.2, 0.25) is 0 Å². The van der Waals surface area contributed by atoms with Crippen molar-refractivity contribution in [3.05, 3.63) is 63.3 Å². The Morgan fingerprint density at radius 2 is 2.11 bits per heavy atom. The van der Waals surface area contributed by atoms with Crippen LogP contribution in [0.25, 0.3) is 0 Å². The molecular weight excluding hydrogens is 460 g/mol. The summed E-state index contributed by atoms with van der Waals surface area (Å²) in [5.74, 6) is -1.32. The Morgan fingerprint density at radius 1 is 1.31 bits per heavy atom. The molecule has 12 nitrogen and oxygen atoms in total. The highest BCUT2D eigenvalue weighted by Crippen LogP contribution is 2.37. The molecule has 35 heavy (non-hydrogen) atoms. The molecule has 2 aromatic heterocycles. The second kappa shape index (κ2) is 9.87. The lowest BCUT2D eigenvalue weighted by Gasteiger charge is -2.18. The molecule has 0 radical (unpaired) electrons. The minimum Gasteiger partial charge on any atom is -0.504 e. The summed E-state index contributed by atoms with van der Waals surface area (Å²) in [6, 6.07) is 5.22. The van der Waals surface area contributed by atoms with Crippen LogP contribution in [-0.4, -0.2) is 39.3 Å². The van der Waals surface area contributed by atoms with E-state index < -0.39 is 23.0 Å². The Hall–Kier alpha value is -4.35. The van der Waals surface area contributed by atoms with Gasteiger partial charge in [0.1, 0.15) is 11.8 Å². The second-order valence-electron chi connectivity index (χ2n) is 8.11. The number of aromatic hydroxyl groups is 2. The summed E-state index contributed by atoms with van der Waals surface area (Å²) in [6.45, 7) is 1.51. The van der Waals surface area contributed by atoms with E-state index >= 15 is 0 Å². The monoisotopic (exact) mass is 484 g/mol. The van der Waals surface area contributed by atoms with Crippen molar-refractivity contribution in [1.82, 2.24) is 20.8 Å². The smallest absolute Gasteiger partial charge is 0.249 e. The number of nitrogens with zero attached hydrogens (tertiary/aromatic N) is 2. The lowest BCUT2D eigenvalue weighted by atomic mass is 9.91. The van der Waals surface area contributed by atoms with Gasteiger partial charge in [-0.25, -0.2) is 0 Å². The van der Waals surface area contributed by atoms with Crippen LogP contribution in [0.1, 0.15) is 60.0 Å². The van der Waals surface area contributed by atoms with E-state index in [0.717, 1.165) is 6.07 Å². The van der Waals surface area contributed by atoms with E-state index in [2.05, 4.69) is 20.8 Å². The molecule has 3 aromatic rings. The third-order valence-corrected chi connectivity index (χ3v) is 5.61. The highest BCUT2D eigenvalue weighted by atomic mass is 16.5. The van der Waals surface area contributed by atoms with Gasteiger partial charge in [0.2, 0.25) is 28.9 Å². The number of aryl methyl sites for hydroxylation is 1. The molecular formula is C23H24N4O8. The quantitative estimate of drug-likeness (QED) is 0.367. The van der Waals surface area contributed by atoms with Gasteiger partial charge >= 0.3 is 0 Å². The van der Waals surface area contributed by atoms with Crippen molar-refractivity contribution in [2.45, 2.75) is 44.7 Å². The van der Waals surface area contributed by atoms with Gasteiger partial charge in [-0.2, -0.15) is 4.98 Å². The second-order valence-corrected chi connectivity index (χ2v) is 8.11. The molecule has 4 rings (SSSR count). The Balaban J connectivity index is 1.53. The molecule has 2 atom stereocenters. The number of hydrogen-bond acceptors (Lipinski definition) is 10. The Kier molecular flexibility index (Phi) is 6.71. The number of carbonyl (C=O) groups is 2. The van der Waals surface area contributed by atoms with Crippen LogP contribution in [0, 0.1) is 6.92 Å². The van der Waals surface area contributed by atoms with Crippen molar-refractivity contribution in [2.24, 2.45) is 0 Å². The molecule has 1 aliphatic heterocycles. The molecule has 0 saturated carbocycles. The molecule has 184 valence electrons. The number of hydrogen-bond donors (Lipinski definition) is 4. The number of carbonyl (C=O) groups excluding carboxylic acids is 2. The average molecular weight is 484 g/mol. The number of amides is 2. The van der Waals surface area contributed by atoms with Crippen molar-refractivity contribution in [2.75, 3.05) is 7.11 Å². The first-order valence-corrected chi connectivity index (χ1v) is 10.8. The van der Waals surface area contributed by atoms with E-state index in [-0.39, 0.29) is 59.6 Å². The highest BCUT2D eigenvalue weighted by Gasteiger charge is 2.28. The molecule has 1 aromatic carbocycles. The van der Waals surface area contributed by atoms with Gasteiger partial charge in [0.25, 0.3) is 0 Å². The van der Waals surface area contributed by atoms with Gasteiger partial charge in [0, 0.05) is 18.9 Å². The Bertz CT molecular complexity index is 1320. The summed E-state index contributed by atoms with van der Waals surface area (Å²) in [6.07, 6.45) is 0.720. The summed E-state index contributed by atoms with van der Waals surface area (Å²) in [5, 5.41) is 29.6. The third kappa shape index (κ3) is 5.26. The van der Waals surface area contributed by atoms with Crippen LogP contribution >= 0.6 is 0 Å². The lowest BCUT2D eigenvalue weighted by Crippen LogP contribution is -2.26. The molecule has 2 unspecified atom stereocenters. The van der Waals surface area contributed by atoms with E-state index in [9.17, 15) is 24.6 Å². The van der Waals surface area contributed by atoms with E-state index in [1.165, 1.54) is 19.2 Å². The van der Waals surface area contributed by atoms with Crippen LogP contribution < -0.4 is 20.8 Å². The molecule has 4 N–H and O–H groups in total. The number of ether oxygens (including phenoxy) is 1. The SMILES string of the molecule is COc1cc(C(CC(=O)NCc2noc(C3CCC(=O)N3)n2)c2oc(C)cc(=O)c2O)ccc1O. The molecule has 0 bridgehead atoms. The first-order valence-electron chi connectivity index (χ1n) is 10.8. The topological polar surface area (TPSA) is 177 Å². The van der Waals surface area contributed by atoms with Crippen LogP contribution in [0.3, 0.4) is 0 Å². The number of rotatable bonds is 8. The molecule has 12 heteroatoms. The van der Waals surface area contributed by atoms with Gasteiger partial charge in [0.15, 0.2) is 23.1 Å². The van der Waals surface area contributed by atoms with Gasteiger partial charge in [0.05, 0.1) is 19.6 Å². The van der Waals surface area contributed by atoms with Gasteiger partial charge in [-0.15, -0.1) is 0 Å². The first-order chi connectivity index (χ1) is 16.7. The standard InChI is InChI=1S/C23H24N4O8/c1-11-7-16(29)21(32)22(34-11)13(12-3-5-15(28)17(8-12)33-2)9-20(31)24-10-18-26-23(35-27-18)14-4-6-19(30)25-14/h3,5,7-8,13-14,28,32H,4,6,9-10H2,1-2H3,(H,24,31)(H,25,30). The summed E-state index contributed by atoms with van der Waals surface area (Å²) in [4.78, 5) is 40.6. The lowest BCUT2D eigenvalue weighted by molar-refractivity contribution is -0.121. The van der Waals surface area contributed by atoms with Crippen LogP contribution in [0.15, 0.2) is 38.0 Å². The van der Waals surface area contributed by atoms with Gasteiger partial charge in [-0.3, -0.25) is 14.4 Å². The van der Waals surface area contributed by atoms with Crippen molar-refractivity contribution < 1.29 is 33.5 Å². The summed E-state index contributed by atoms with van der Waals surface area (Å²) in [5.41, 5.74) is -0.170. The number of phenolic OH excluding ortho intramolecular Hbond substituents is 1. The van der Waals surface area contributed by atoms with Crippen LogP contribution in [-0.2, 0) is 16.1 Å². The summed E-state index contributed by atoms with van der Waals surface area (Å²) >= 11 is 0. The molecule has 2 amide bonds. The predicted molar refractivity (Wildman–Crippen MR) is 119 cm³/mol. The molecule has 0 spiro atoms. The maximum Gasteiger partial charge on any atom is 0.249 e. The minimum absolute atomic E-state index is 0.0433.